The minimum atomic E-state index is -4.66. The zero-order valence-electron chi connectivity index (χ0n) is 11.5. The Balaban J connectivity index is 2.04. The number of ether oxygens (including phenoxy) is 1. The van der Waals surface area contributed by atoms with Crippen LogP contribution >= 0.6 is 0 Å². The van der Waals surface area contributed by atoms with Gasteiger partial charge in [-0.3, -0.25) is 0 Å². The van der Waals surface area contributed by atoms with Crippen LogP contribution in [0.15, 0.2) is 47.1 Å². The van der Waals surface area contributed by atoms with Crippen LogP contribution in [0.1, 0.15) is 24.3 Å². The molecule has 1 unspecified atom stereocenters. The molecule has 2 rings (SSSR count). The first-order valence-corrected chi connectivity index (χ1v) is 6.59. The molecule has 0 aliphatic heterocycles. The minimum absolute atomic E-state index is 0.0145. The lowest BCUT2D eigenvalue weighted by atomic mass is 10.0. The highest BCUT2D eigenvalue weighted by Gasteiger charge is 2.31. The Morgan fingerprint density at radius 3 is 2.43 bits per heavy atom. The van der Waals surface area contributed by atoms with Crippen molar-refractivity contribution in [2.45, 2.75) is 25.7 Å². The van der Waals surface area contributed by atoms with Crippen LogP contribution in [-0.4, -0.2) is 12.9 Å². The van der Waals surface area contributed by atoms with Gasteiger partial charge in [-0.1, -0.05) is 19.1 Å². The molecule has 0 aliphatic rings. The molecule has 1 heterocycles. The van der Waals surface area contributed by atoms with Crippen LogP contribution in [0.25, 0.3) is 0 Å². The van der Waals surface area contributed by atoms with Crippen LogP contribution in [0.5, 0.6) is 5.75 Å². The predicted molar refractivity (Wildman–Crippen MR) is 72.0 cm³/mol. The molecule has 3 nitrogen and oxygen atoms in total. The third-order valence-corrected chi connectivity index (χ3v) is 2.93. The van der Waals surface area contributed by atoms with E-state index in [2.05, 4.69) is 10.1 Å². The van der Waals surface area contributed by atoms with E-state index in [0.29, 0.717) is 6.42 Å². The SMILES string of the molecule is CCNC(Cc1ccc(OC(F)(F)F)cc1)c1ccco1. The number of likely N-dealkylation sites (N-methyl/N-ethyl adjacent to an activating group) is 1. The molecule has 1 N–H and O–H groups in total. The Morgan fingerprint density at radius 2 is 1.90 bits per heavy atom. The average molecular weight is 299 g/mol. The van der Waals surface area contributed by atoms with Gasteiger partial charge in [-0.05, 0) is 42.8 Å². The van der Waals surface area contributed by atoms with Crippen LogP contribution in [-0.2, 0) is 6.42 Å². The Morgan fingerprint density at radius 1 is 1.19 bits per heavy atom. The van der Waals surface area contributed by atoms with Crippen LogP contribution in [0, 0.1) is 0 Å². The van der Waals surface area contributed by atoms with E-state index < -0.39 is 6.36 Å². The molecule has 0 saturated heterocycles. The van der Waals surface area contributed by atoms with Gasteiger partial charge in [-0.15, -0.1) is 13.2 Å². The second-order valence-corrected chi connectivity index (χ2v) is 4.52. The molecule has 0 fully saturated rings. The van der Waals surface area contributed by atoms with Crippen molar-refractivity contribution in [1.29, 1.82) is 0 Å². The number of alkyl halides is 3. The van der Waals surface area contributed by atoms with Crippen LogP contribution in [0.2, 0.25) is 0 Å². The van der Waals surface area contributed by atoms with Crippen LogP contribution in [0.4, 0.5) is 13.2 Å². The van der Waals surface area contributed by atoms with Gasteiger partial charge in [-0.2, -0.15) is 0 Å². The second kappa shape index (κ2) is 6.67. The zero-order valence-corrected chi connectivity index (χ0v) is 11.5. The Hall–Kier alpha value is -1.95. The van der Waals surface area contributed by atoms with Gasteiger partial charge in [0.15, 0.2) is 0 Å². The van der Waals surface area contributed by atoms with E-state index >= 15 is 0 Å². The Bertz CT molecular complexity index is 535. The van der Waals surface area contributed by atoms with E-state index in [1.807, 2.05) is 13.0 Å². The van der Waals surface area contributed by atoms with Crippen molar-refractivity contribution in [1.82, 2.24) is 5.32 Å². The van der Waals surface area contributed by atoms with Crippen molar-refractivity contribution >= 4 is 0 Å². The molecule has 0 saturated carbocycles. The summed E-state index contributed by atoms with van der Waals surface area (Å²) < 4.78 is 45.5. The molecule has 2 aromatic rings. The first kappa shape index (κ1) is 15.4. The summed E-state index contributed by atoms with van der Waals surface area (Å²) in [6, 6.07) is 9.53. The van der Waals surface area contributed by atoms with Crippen molar-refractivity contribution in [2.24, 2.45) is 0 Å². The smallest absolute Gasteiger partial charge is 0.468 e. The number of hydrogen-bond acceptors (Lipinski definition) is 3. The molecule has 1 aromatic carbocycles. The molecule has 0 spiro atoms. The van der Waals surface area contributed by atoms with E-state index in [0.717, 1.165) is 17.9 Å². The van der Waals surface area contributed by atoms with E-state index in [-0.39, 0.29) is 11.8 Å². The number of hydrogen-bond donors (Lipinski definition) is 1. The maximum atomic E-state index is 12.1. The fourth-order valence-electron chi connectivity index (χ4n) is 2.07. The molecule has 114 valence electrons. The van der Waals surface area contributed by atoms with Gasteiger partial charge in [0, 0.05) is 0 Å². The summed E-state index contributed by atoms with van der Waals surface area (Å²) in [6.45, 7) is 2.75. The van der Waals surface area contributed by atoms with Gasteiger partial charge in [0.25, 0.3) is 0 Å². The maximum absolute atomic E-state index is 12.1. The molecular weight excluding hydrogens is 283 g/mol. The molecule has 1 aromatic heterocycles. The third kappa shape index (κ3) is 4.82. The summed E-state index contributed by atoms with van der Waals surface area (Å²) in [5.41, 5.74) is 0.895. The predicted octanol–water partition coefficient (Wildman–Crippen LogP) is 4.07. The molecule has 0 amide bonds. The normalized spacial score (nSPS) is 13.1. The molecule has 0 aliphatic carbocycles. The molecule has 0 bridgehead atoms. The first-order valence-electron chi connectivity index (χ1n) is 6.59. The van der Waals surface area contributed by atoms with Gasteiger partial charge >= 0.3 is 6.36 Å². The fourth-order valence-corrected chi connectivity index (χ4v) is 2.07. The van der Waals surface area contributed by atoms with Gasteiger partial charge < -0.3 is 14.5 Å². The van der Waals surface area contributed by atoms with Gasteiger partial charge in [0.2, 0.25) is 0 Å². The lowest BCUT2D eigenvalue weighted by molar-refractivity contribution is -0.274. The molecule has 0 radical (unpaired) electrons. The summed E-state index contributed by atoms with van der Waals surface area (Å²) in [5, 5.41) is 3.28. The minimum Gasteiger partial charge on any atom is -0.468 e. The van der Waals surface area contributed by atoms with E-state index in [9.17, 15) is 13.2 Å². The van der Waals surface area contributed by atoms with Gasteiger partial charge in [0.1, 0.15) is 11.5 Å². The van der Waals surface area contributed by atoms with Gasteiger partial charge in [0.05, 0.1) is 12.3 Å². The monoisotopic (exact) mass is 299 g/mol. The van der Waals surface area contributed by atoms with E-state index in [1.54, 1.807) is 24.5 Å². The van der Waals surface area contributed by atoms with Crippen molar-refractivity contribution in [2.75, 3.05) is 6.54 Å². The summed E-state index contributed by atoms with van der Waals surface area (Å²) in [6.07, 6.45) is -2.45. The average Bonchev–Trinajstić information content (AvgIpc) is 2.92. The summed E-state index contributed by atoms with van der Waals surface area (Å²) >= 11 is 0. The largest absolute Gasteiger partial charge is 0.573 e. The third-order valence-electron chi connectivity index (χ3n) is 2.93. The zero-order chi connectivity index (χ0) is 15.3. The first-order chi connectivity index (χ1) is 9.98. The standard InChI is InChI=1S/C15H16F3NO2/c1-2-19-13(14-4-3-9-20-14)10-11-5-7-12(8-6-11)21-15(16,17)18/h3-9,13,19H,2,10H2,1H3. The Labute approximate surface area is 120 Å². The summed E-state index contributed by atoms with van der Waals surface area (Å²) in [7, 11) is 0. The highest BCUT2D eigenvalue weighted by Crippen LogP contribution is 2.24. The maximum Gasteiger partial charge on any atom is 0.573 e. The molecule has 6 heteroatoms. The molecule has 1 atom stereocenters. The van der Waals surface area contributed by atoms with Crippen molar-refractivity contribution < 1.29 is 22.3 Å². The molecule has 21 heavy (non-hydrogen) atoms. The van der Waals surface area contributed by atoms with Crippen molar-refractivity contribution in [3.05, 3.63) is 54.0 Å². The Kier molecular flexibility index (Phi) is 4.90. The fraction of sp³-hybridized carbons (Fsp3) is 0.333. The van der Waals surface area contributed by atoms with E-state index in [4.69, 9.17) is 4.42 Å². The topological polar surface area (TPSA) is 34.4 Å². The van der Waals surface area contributed by atoms with Gasteiger partial charge in [-0.25, -0.2) is 0 Å². The number of halogens is 3. The lowest BCUT2D eigenvalue weighted by Crippen LogP contribution is -2.22. The highest BCUT2D eigenvalue weighted by molar-refractivity contribution is 5.28. The van der Waals surface area contributed by atoms with E-state index in [1.165, 1.54) is 12.1 Å². The number of benzene rings is 1. The molecular formula is C15H16F3NO2. The van der Waals surface area contributed by atoms with Crippen LogP contribution in [0.3, 0.4) is 0 Å². The van der Waals surface area contributed by atoms with Crippen LogP contribution < -0.4 is 10.1 Å². The quantitative estimate of drug-likeness (QED) is 0.873. The number of furan rings is 1. The summed E-state index contributed by atoms with van der Waals surface area (Å²) in [4.78, 5) is 0. The lowest BCUT2D eigenvalue weighted by Gasteiger charge is -2.16. The number of rotatable bonds is 6. The second-order valence-electron chi connectivity index (χ2n) is 4.52. The van der Waals surface area contributed by atoms with Crippen molar-refractivity contribution in [3.63, 3.8) is 0 Å². The highest BCUT2D eigenvalue weighted by atomic mass is 19.4. The van der Waals surface area contributed by atoms with Crippen molar-refractivity contribution in [3.8, 4) is 5.75 Å². The number of nitrogens with one attached hydrogen (secondary N) is 1. The summed E-state index contributed by atoms with van der Waals surface area (Å²) in [5.74, 6) is 0.580.